The Morgan fingerprint density at radius 1 is 1.00 bits per heavy atom. The fraction of sp³-hybridized carbons (Fsp3) is 0.241. The Balaban J connectivity index is 1.31. The average Bonchev–Trinajstić information content (AvgIpc) is 3.21. The van der Waals surface area contributed by atoms with E-state index in [2.05, 4.69) is 81.3 Å². The standard InChI is InChI=1S/C29H29N5/c1-22-6-12-28(13-7-22)33-19-26-5-3-2-4-25(26)14-27(20-33)32-17-29-16-31-21-34(29)18-24-10-8-23(15-30)9-11-24/h2-13,16,21,27,32H,14,17-20H2,1H3. The maximum atomic E-state index is 9.03. The number of aromatic nitrogens is 2. The molecule has 1 unspecified atom stereocenters. The number of nitrogens with zero attached hydrogens (tertiary/aromatic N) is 4. The van der Waals surface area contributed by atoms with Gasteiger partial charge in [-0.2, -0.15) is 5.26 Å². The molecule has 0 saturated carbocycles. The molecule has 4 aromatic rings. The van der Waals surface area contributed by atoms with Gasteiger partial charge in [0.15, 0.2) is 0 Å². The summed E-state index contributed by atoms with van der Waals surface area (Å²) in [5, 5.41) is 12.8. The van der Waals surface area contributed by atoms with E-state index in [1.165, 1.54) is 22.4 Å². The fourth-order valence-corrected chi connectivity index (χ4v) is 4.63. The second-order valence-corrected chi connectivity index (χ2v) is 9.09. The number of aryl methyl sites for hydroxylation is 1. The predicted octanol–water partition coefficient (Wildman–Crippen LogP) is 4.83. The summed E-state index contributed by atoms with van der Waals surface area (Å²) >= 11 is 0. The van der Waals surface area contributed by atoms with Crippen molar-refractivity contribution < 1.29 is 0 Å². The number of anilines is 1. The summed E-state index contributed by atoms with van der Waals surface area (Å²) in [5.74, 6) is 0. The van der Waals surface area contributed by atoms with Gasteiger partial charge >= 0.3 is 0 Å². The minimum atomic E-state index is 0.322. The molecule has 1 aliphatic rings. The highest BCUT2D eigenvalue weighted by Crippen LogP contribution is 2.24. The summed E-state index contributed by atoms with van der Waals surface area (Å²) in [6.07, 6.45) is 4.83. The van der Waals surface area contributed by atoms with Crippen molar-refractivity contribution in [1.82, 2.24) is 14.9 Å². The van der Waals surface area contributed by atoms with Crippen molar-refractivity contribution >= 4 is 5.69 Å². The van der Waals surface area contributed by atoms with Gasteiger partial charge in [-0.25, -0.2) is 4.98 Å². The van der Waals surface area contributed by atoms with Crippen molar-refractivity contribution in [3.63, 3.8) is 0 Å². The predicted molar refractivity (Wildman–Crippen MR) is 135 cm³/mol. The van der Waals surface area contributed by atoms with Crippen LogP contribution >= 0.6 is 0 Å². The number of rotatable bonds is 6. The Bertz CT molecular complexity index is 1280. The molecule has 5 heteroatoms. The number of imidazole rings is 1. The zero-order valence-corrected chi connectivity index (χ0v) is 19.5. The molecule has 1 N–H and O–H groups in total. The number of hydrogen-bond donors (Lipinski definition) is 1. The first-order valence-electron chi connectivity index (χ1n) is 11.8. The van der Waals surface area contributed by atoms with Crippen LogP contribution in [0.2, 0.25) is 0 Å². The van der Waals surface area contributed by atoms with Crippen LogP contribution in [0.1, 0.15) is 33.5 Å². The second kappa shape index (κ2) is 9.94. The normalized spacial score (nSPS) is 15.4. The zero-order chi connectivity index (χ0) is 23.3. The van der Waals surface area contributed by atoms with Gasteiger partial charge < -0.3 is 14.8 Å². The molecule has 5 nitrogen and oxygen atoms in total. The highest BCUT2D eigenvalue weighted by atomic mass is 15.2. The monoisotopic (exact) mass is 447 g/mol. The Kier molecular flexibility index (Phi) is 6.42. The fourth-order valence-electron chi connectivity index (χ4n) is 4.63. The highest BCUT2D eigenvalue weighted by molar-refractivity contribution is 5.50. The molecule has 0 fully saturated rings. The van der Waals surface area contributed by atoms with E-state index >= 15 is 0 Å². The first kappa shape index (κ1) is 21.9. The maximum absolute atomic E-state index is 9.03. The van der Waals surface area contributed by atoms with E-state index in [9.17, 15) is 0 Å². The quantitative estimate of drug-likeness (QED) is 0.460. The third kappa shape index (κ3) is 5.03. The molecular formula is C29H29N5. The van der Waals surface area contributed by atoms with Gasteiger partial charge in [0.1, 0.15) is 0 Å². The van der Waals surface area contributed by atoms with E-state index in [0.29, 0.717) is 11.6 Å². The second-order valence-electron chi connectivity index (χ2n) is 9.09. The third-order valence-corrected chi connectivity index (χ3v) is 6.59. The lowest BCUT2D eigenvalue weighted by molar-refractivity contribution is 0.496. The molecule has 0 aliphatic carbocycles. The molecule has 2 heterocycles. The topological polar surface area (TPSA) is 56.9 Å². The first-order valence-corrected chi connectivity index (χ1v) is 11.8. The third-order valence-electron chi connectivity index (χ3n) is 6.59. The van der Waals surface area contributed by atoms with Gasteiger partial charge in [0.05, 0.1) is 23.7 Å². The van der Waals surface area contributed by atoms with Crippen LogP contribution in [0.5, 0.6) is 0 Å². The SMILES string of the molecule is Cc1ccc(N2Cc3ccccc3CC(NCc3cncn3Cc3ccc(C#N)cc3)C2)cc1. The molecule has 34 heavy (non-hydrogen) atoms. The van der Waals surface area contributed by atoms with E-state index in [1.807, 2.05) is 36.8 Å². The molecule has 1 atom stereocenters. The average molecular weight is 448 g/mol. The molecule has 0 saturated heterocycles. The van der Waals surface area contributed by atoms with Crippen molar-refractivity contribution in [2.24, 2.45) is 0 Å². The summed E-state index contributed by atoms with van der Waals surface area (Å²) in [7, 11) is 0. The summed E-state index contributed by atoms with van der Waals surface area (Å²) in [6, 6.07) is 27.9. The van der Waals surface area contributed by atoms with Crippen LogP contribution in [0.4, 0.5) is 5.69 Å². The molecule has 170 valence electrons. The van der Waals surface area contributed by atoms with Crippen LogP contribution in [-0.2, 0) is 26.1 Å². The number of hydrogen-bond acceptors (Lipinski definition) is 4. The molecular weight excluding hydrogens is 418 g/mol. The molecule has 0 radical (unpaired) electrons. The van der Waals surface area contributed by atoms with E-state index < -0.39 is 0 Å². The van der Waals surface area contributed by atoms with Gasteiger partial charge in [-0.15, -0.1) is 0 Å². The van der Waals surface area contributed by atoms with E-state index in [-0.39, 0.29) is 0 Å². The van der Waals surface area contributed by atoms with Crippen molar-refractivity contribution in [1.29, 1.82) is 5.26 Å². The summed E-state index contributed by atoms with van der Waals surface area (Å²) in [6.45, 7) is 5.50. The smallest absolute Gasteiger partial charge is 0.0991 e. The van der Waals surface area contributed by atoms with Crippen LogP contribution in [0.15, 0.2) is 85.3 Å². The Morgan fingerprint density at radius 2 is 1.76 bits per heavy atom. The van der Waals surface area contributed by atoms with Crippen molar-refractivity contribution in [2.75, 3.05) is 11.4 Å². The summed E-state index contributed by atoms with van der Waals surface area (Å²) in [5.41, 5.74) is 8.36. The number of nitrogens with one attached hydrogen (secondary N) is 1. The van der Waals surface area contributed by atoms with Gasteiger partial charge in [0.2, 0.25) is 0 Å². The van der Waals surface area contributed by atoms with E-state index in [1.54, 1.807) is 0 Å². The molecule has 3 aromatic carbocycles. The molecule has 0 bridgehead atoms. The largest absolute Gasteiger partial charge is 0.366 e. The lowest BCUT2D eigenvalue weighted by Gasteiger charge is -2.27. The molecule has 5 rings (SSSR count). The van der Waals surface area contributed by atoms with E-state index in [0.717, 1.165) is 43.9 Å². The Labute approximate surface area is 201 Å². The minimum absolute atomic E-state index is 0.322. The number of benzene rings is 3. The van der Waals surface area contributed by atoms with Crippen LogP contribution in [0.25, 0.3) is 0 Å². The molecule has 1 aromatic heterocycles. The number of fused-ring (bicyclic) bond motifs is 1. The van der Waals surface area contributed by atoms with Crippen LogP contribution in [-0.4, -0.2) is 22.1 Å². The van der Waals surface area contributed by atoms with Crippen LogP contribution in [0, 0.1) is 18.3 Å². The van der Waals surface area contributed by atoms with Gasteiger partial charge in [0, 0.05) is 44.1 Å². The van der Waals surface area contributed by atoms with Gasteiger partial charge in [-0.1, -0.05) is 54.1 Å². The molecule has 1 aliphatic heterocycles. The van der Waals surface area contributed by atoms with Crippen LogP contribution < -0.4 is 10.2 Å². The van der Waals surface area contributed by atoms with Gasteiger partial charge in [0.25, 0.3) is 0 Å². The first-order chi connectivity index (χ1) is 16.7. The van der Waals surface area contributed by atoms with Crippen molar-refractivity contribution in [2.45, 2.75) is 39.0 Å². The number of nitriles is 1. The molecule has 0 spiro atoms. The molecule has 0 amide bonds. The minimum Gasteiger partial charge on any atom is -0.366 e. The lowest BCUT2D eigenvalue weighted by Crippen LogP contribution is -2.40. The summed E-state index contributed by atoms with van der Waals surface area (Å²) in [4.78, 5) is 6.88. The summed E-state index contributed by atoms with van der Waals surface area (Å²) < 4.78 is 2.18. The van der Waals surface area contributed by atoms with Gasteiger partial charge in [-0.3, -0.25) is 0 Å². The van der Waals surface area contributed by atoms with Gasteiger partial charge in [-0.05, 0) is 54.3 Å². The van der Waals surface area contributed by atoms with Crippen molar-refractivity contribution in [3.8, 4) is 6.07 Å². The maximum Gasteiger partial charge on any atom is 0.0991 e. The van der Waals surface area contributed by atoms with Crippen molar-refractivity contribution in [3.05, 3.63) is 119 Å². The Hall–Kier alpha value is -3.88. The zero-order valence-electron chi connectivity index (χ0n) is 19.5. The van der Waals surface area contributed by atoms with Crippen LogP contribution in [0.3, 0.4) is 0 Å². The van der Waals surface area contributed by atoms with E-state index in [4.69, 9.17) is 5.26 Å². The lowest BCUT2D eigenvalue weighted by atomic mass is 10.0. The highest BCUT2D eigenvalue weighted by Gasteiger charge is 2.22. The Morgan fingerprint density at radius 3 is 2.53 bits per heavy atom.